The number of benzene rings is 2. The zero-order valence-corrected chi connectivity index (χ0v) is 18.8. The van der Waals surface area contributed by atoms with E-state index in [0.29, 0.717) is 21.3 Å². The summed E-state index contributed by atoms with van der Waals surface area (Å²) in [7, 11) is 1.54. The Bertz CT molecular complexity index is 1040. The molecular weight excluding hydrogens is 462 g/mol. The number of aromatic hydroxyl groups is 1. The van der Waals surface area contributed by atoms with Crippen molar-refractivity contribution >= 4 is 33.4 Å². The Morgan fingerprint density at radius 1 is 1.06 bits per heavy atom. The van der Waals surface area contributed by atoms with Gasteiger partial charge in [-0.05, 0) is 64.7 Å². The summed E-state index contributed by atoms with van der Waals surface area (Å²) in [5, 5.41) is 20.9. The number of hydrogen-bond donors (Lipinski definition) is 2. The van der Waals surface area contributed by atoms with Crippen molar-refractivity contribution in [1.29, 1.82) is 0 Å². The molecule has 1 aliphatic heterocycles. The van der Waals surface area contributed by atoms with E-state index in [-0.39, 0.29) is 23.1 Å². The summed E-state index contributed by atoms with van der Waals surface area (Å²) in [5.74, 6) is -0.808. The van der Waals surface area contributed by atoms with E-state index in [9.17, 15) is 19.8 Å². The number of nitrogens with zero attached hydrogens (tertiary/aromatic N) is 1. The van der Waals surface area contributed by atoms with E-state index in [1.807, 2.05) is 0 Å². The molecule has 1 amide bonds. The number of rotatable bonds is 4. The number of aliphatic hydroxyl groups is 1. The Kier molecular flexibility index (Phi) is 6.05. The summed E-state index contributed by atoms with van der Waals surface area (Å²) in [5.41, 5.74) is 1.16. The van der Waals surface area contributed by atoms with Crippen LogP contribution in [0.2, 0.25) is 0 Å². The zero-order chi connectivity index (χ0) is 22.1. The van der Waals surface area contributed by atoms with Crippen LogP contribution >= 0.6 is 15.9 Å². The number of hydrogen-bond acceptors (Lipinski definition) is 5. The van der Waals surface area contributed by atoms with E-state index >= 15 is 0 Å². The number of ether oxygens (including phenoxy) is 1. The van der Waals surface area contributed by atoms with Gasteiger partial charge in [0.05, 0.1) is 23.2 Å². The first-order valence-corrected chi connectivity index (χ1v) is 11.1. The molecule has 0 aromatic heterocycles. The first kappa shape index (κ1) is 21.4. The summed E-state index contributed by atoms with van der Waals surface area (Å²) in [6.45, 7) is 0. The molecule has 1 aliphatic carbocycles. The van der Waals surface area contributed by atoms with E-state index in [1.54, 1.807) is 42.3 Å². The summed E-state index contributed by atoms with van der Waals surface area (Å²) in [6.07, 6.45) is 4.78. The lowest BCUT2D eigenvalue weighted by Crippen LogP contribution is -2.40. The van der Waals surface area contributed by atoms with Crippen LogP contribution in [-0.4, -0.2) is 40.0 Å². The molecule has 2 aromatic rings. The monoisotopic (exact) mass is 485 g/mol. The second-order valence-electron chi connectivity index (χ2n) is 7.94. The van der Waals surface area contributed by atoms with Gasteiger partial charge >= 0.3 is 0 Å². The molecule has 2 aliphatic rings. The standard InChI is InChI=1S/C24H24BrNO5/c1-31-19-12-9-15(13-18(19)25)22(28)20-21(14-7-10-17(27)11-8-14)26(24(30)23(20)29)16-5-3-2-4-6-16/h7-13,16,21,27-28H,2-6H2,1H3/b22-20-. The Balaban J connectivity index is 1.86. The Labute approximate surface area is 189 Å². The molecule has 4 rings (SSSR count). The maximum atomic E-state index is 13.1. The highest BCUT2D eigenvalue weighted by atomic mass is 79.9. The van der Waals surface area contributed by atoms with E-state index in [0.717, 1.165) is 32.1 Å². The zero-order valence-electron chi connectivity index (χ0n) is 17.2. The molecule has 2 N–H and O–H groups in total. The molecule has 1 heterocycles. The molecule has 1 saturated carbocycles. The largest absolute Gasteiger partial charge is 0.508 e. The summed E-state index contributed by atoms with van der Waals surface area (Å²) in [6, 6.07) is 10.7. The number of amides is 1. The first-order chi connectivity index (χ1) is 14.9. The fourth-order valence-electron chi connectivity index (χ4n) is 4.54. The quantitative estimate of drug-likeness (QED) is 0.364. The molecule has 1 unspecified atom stereocenters. The van der Waals surface area contributed by atoms with Gasteiger partial charge in [-0.3, -0.25) is 9.59 Å². The van der Waals surface area contributed by atoms with Gasteiger partial charge in [-0.1, -0.05) is 31.4 Å². The summed E-state index contributed by atoms with van der Waals surface area (Å²) >= 11 is 3.40. The molecule has 1 saturated heterocycles. The van der Waals surface area contributed by atoms with Gasteiger partial charge in [0.1, 0.15) is 17.3 Å². The van der Waals surface area contributed by atoms with Gasteiger partial charge in [0.15, 0.2) is 0 Å². The van der Waals surface area contributed by atoms with Gasteiger partial charge in [0.2, 0.25) is 0 Å². The van der Waals surface area contributed by atoms with E-state index in [1.165, 1.54) is 12.1 Å². The van der Waals surface area contributed by atoms with Gasteiger partial charge in [0, 0.05) is 11.6 Å². The molecule has 6 nitrogen and oxygen atoms in total. The van der Waals surface area contributed by atoms with Crippen molar-refractivity contribution in [3.63, 3.8) is 0 Å². The second-order valence-corrected chi connectivity index (χ2v) is 8.79. The molecule has 7 heteroatoms. The van der Waals surface area contributed by atoms with Crippen LogP contribution in [-0.2, 0) is 9.59 Å². The van der Waals surface area contributed by atoms with Gasteiger partial charge in [-0.15, -0.1) is 0 Å². The van der Waals surface area contributed by atoms with Crippen molar-refractivity contribution in [3.8, 4) is 11.5 Å². The highest BCUT2D eigenvalue weighted by Gasteiger charge is 2.48. The first-order valence-electron chi connectivity index (χ1n) is 10.4. The van der Waals surface area contributed by atoms with Gasteiger partial charge < -0.3 is 19.8 Å². The average Bonchev–Trinajstić information content (AvgIpc) is 3.05. The topological polar surface area (TPSA) is 87.1 Å². The molecule has 2 aromatic carbocycles. The fourth-order valence-corrected chi connectivity index (χ4v) is 5.08. The lowest BCUT2D eigenvalue weighted by Gasteiger charge is -2.35. The third-order valence-corrected chi connectivity index (χ3v) is 6.70. The normalized spacial score (nSPS) is 21.5. The predicted octanol–water partition coefficient (Wildman–Crippen LogP) is 4.92. The van der Waals surface area contributed by atoms with E-state index in [4.69, 9.17) is 4.74 Å². The molecular formula is C24H24BrNO5. The summed E-state index contributed by atoms with van der Waals surface area (Å²) in [4.78, 5) is 27.9. The van der Waals surface area contributed by atoms with Crippen LogP contribution in [0, 0.1) is 0 Å². The highest BCUT2D eigenvalue weighted by molar-refractivity contribution is 9.10. The van der Waals surface area contributed by atoms with Crippen LogP contribution in [0.5, 0.6) is 11.5 Å². The van der Waals surface area contributed by atoms with Crippen molar-refractivity contribution in [3.05, 3.63) is 63.6 Å². The molecule has 0 spiro atoms. The minimum atomic E-state index is -0.704. The van der Waals surface area contributed by atoms with E-state index < -0.39 is 17.7 Å². The third-order valence-electron chi connectivity index (χ3n) is 6.08. The second kappa shape index (κ2) is 8.75. The lowest BCUT2D eigenvalue weighted by atomic mass is 9.91. The molecule has 1 atom stereocenters. The molecule has 0 bridgehead atoms. The smallest absolute Gasteiger partial charge is 0.295 e. The third kappa shape index (κ3) is 3.94. The van der Waals surface area contributed by atoms with Crippen LogP contribution in [0.15, 0.2) is 52.5 Å². The number of phenolic OH excluding ortho intramolecular Hbond substituents is 1. The highest BCUT2D eigenvalue weighted by Crippen LogP contribution is 2.43. The number of methoxy groups -OCH3 is 1. The Morgan fingerprint density at radius 2 is 1.74 bits per heavy atom. The Morgan fingerprint density at radius 3 is 2.35 bits per heavy atom. The molecule has 0 radical (unpaired) electrons. The fraction of sp³-hybridized carbons (Fsp3) is 0.333. The lowest BCUT2D eigenvalue weighted by molar-refractivity contribution is -0.141. The number of Topliss-reactive ketones (excluding diaryl/α,β-unsaturated/α-hetero) is 1. The van der Waals surface area contributed by atoms with Crippen LogP contribution < -0.4 is 4.74 Å². The van der Waals surface area contributed by atoms with Crippen molar-refractivity contribution < 1.29 is 24.5 Å². The van der Waals surface area contributed by atoms with Crippen LogP contribution in [0.25, 0.3) is 5.76 Å². The Hall–Kier alpha value is -2.80. The molecule has 162 valence electrons. The number of ketones is 1. The predicted molar refractivity (Wildman–Crippen MR) is 120 cm³/mol. The summed E-state index contributed by atoms with van der Waals surface area (Å²) < 4.78 is 5.87. The number of aliphatic hydroxyl groups excluding tert-OH is 1. The van der Waals surface area contributed by atoms with Crippen molar-refractivity contribution in [1.82, 2.24) is 4.90 Å². The number of likely N-dealkylation sites (tertiary alicyclic amines) is 1. The van der Waals surface area contributed by atoms with Gasteiger partial charge in [0.25, 0.3) is 11.7 Å². The van der Waals surface area contributed by atoms with E-state index in [2.05, 4.69) is 15.9 Å². The minimum absolute atomic E-state index is 0.0584. The number of phenols is 1. The van der Waals surface area contributed by atoms with Crippen molar-refractivity contribution in [2.45, 2.75) is 44.2 Å². The maximum Gasteiger partial charge on any atom is 0.295 e. The molecule has 2 fully saturated rings. The van der Waals surface area contributed by atoms with Crippen molar-refractivity contribution in [2.75, 3.05) is 7.11 Å². The van der Waals surface area contributed by atoms with Crippen molar-refractivity contribution in [2.24, 2.45) is 0 Å². The van der Waals surface area contributed by atoms with Gasteiger partial charge in [-0.2, -0.15) is 0 Å². The van der Waals surface area contributed by atoms with Crippen LogP contribution in [0.3, 0.4) is 0 Å². The van der Waals surface area contributed by atoms with Gasteiger partial charge in [-0.25, -0.2) is 0 Å². The number of carbonyl (C=O) groups is 2. The van der Waals surface area contributed by atoms with Crippen LogP contribution in [0.4, 0.5) is 0 Å². The number of carbonyl (C=O) groups excluding carboxylic acids is 2. The number of halogens is 1. The average molecular weight is 486 g/mol. The van der Waals surface area contributed by atoms with Crippen LogP contribution in [0.1, 0.15) is 49.3 Å². The maximum absolute atomic E-state index is 13.1. The molecule has 31 heavy (non-hydrogen) atoms. The SMILES string of the molecule is COc1ccc(/C(O)=C2/C(=O)C(=O)N(C3CCCCC3)C2c2ccc(O)cc2)cc1Br. The minimum Gasteiger partial charge on any atom is -0.508 e.